The van der Waals surface area contributed by atoms with Crippen molar-refractivity contribution < 1.29 is 18.0 Å². The van der Waals surface area contributed by atoms with Crippen LogP contribution < -0.4 is 15.1 Å². The van der Waals surface area contributed by atoms with E-state index < -0.39 is 17.5 Å². The highest BCUT2D eigenvalue weighted by Gasteiger charge is 2.35. The van der Waals surface area contributed by atoms with Gasteiger partial charge in [0, 0.05) is 31.4 Å². The van der Waals surface area contributed by atoms with Crippen LogP contribution in [-0.2, 0) is 17.9 Å². The average molecular weight is 476 g/mol. The zero-order valence-electron chi connectivity index (χ0n) is 18.5. The molecule has 0 radical (unpaired) electrons. The van der Waals surface area contributed by atoms with Crippen molar-refractivity contribution in [2.75, 3.05) is 28.2 Å². The van der Waals surface area contributed by atoms with Crippen LogP contribution in [0.4, 0.5) is 30.6 Å². The number of rotatable bonds is 7. The van der Waals surface area contributed by atoms with Crippen molar-refractivity contribution in [2.45, 2.75) is 47.3 Å². The lowest BCUT2D eigenvalue weighted by Gasteiger charge is -2.39. The van der Waals surface area contributed by atoms with Crippen LogP contribution in [0.1, 0.15) is 39.3 Å². The van der Waals surface area contributed by atoms with E-state index in [9.17, 15) is 18.0 Å². The molecule has 1 aromatic carbocycles. The van der Waals surface area contributed by atoms with E-state index in [2.05, 4.69) is 20.4 Å². The number of carbonyl (C=O) groups is 1. The van der Waals surface area contributed by atoms with Gasteiger partial charge in [-0.2, -0.15) is 10.1 Å². The lowest BCUT2D eigenvalue weighted by molar-refractivity contribution is -0.119. The minimum absolute atomic E-state index is 0. The normalized spacial score (nSPS) is 15.2. The molecule has 1 N–H and O–H groups in total. The van der Waals surface area contributed by atoms with E-state index >= 15 is 0 Å². The molecule has 0 saturated carbocycles. The number of likely N-dealkylation sites (N-methyl/N-ethyl adjacent to an activating group) is 2. The zero-order valence-corrected chi connectivity index (χ0v) is 18.5. The number of halogens is 3. The van der Waals surface area contributed by atoms with E-state index in [-0.39, 0.29) is 31.5 Å². The maximum absolute atomic E-state index is 13.4. The SMILES string of the molecule is C.CCN1C(=O)[C@H](C)N(CC)c2nc(NCc3cnn(Cc4cc(F)c(F)c(F)c4)c3)ncc21. The first kappa shape index (κ1) is 25.0. The first-order valence-electron chi connectivity index (χ1n) is 10.7. The van der Waals surface area contributed by atoms with Crippen LogP contribution in [0.5, 0.6) is 0 Å². The second-order valence-corrected chi connectivity index (χ2v) is 7.72. The van der Waals surface area contributed by atoms with Crippen molar-refractivity contribution in [3.8, 4) is 0 Å². The van der Waals surface area contributed by atoms with Gasteiger partial charge in [-0.15, -0.1) is 0 Å². The minimum atomic E-state index is -1.49. The Balaban J connectivity index is 0.00000324. The van der Waals surface area contributed by atoms with Crippen LogP contribution in [0, 0.1) is 17.5 Å². The Morgan fingerprint density at radius 1 is 1.06 bits per heavy atom. The molecule has 1 atom stereocenters. The third-order valence-electron chi connectivity index (χ3n) is 5.59. The van der Waals surface area contributed by atoms with Gasteiger partial charge in [0.2, 0.25) is 11.9 Å². The van der Waals surface area contributed by atoms with Gasteiger partial charge in [-0.1, -0.05) is 7.43 Å². The summed E-state index contributed by atoms with van der Waals surface area (Å²) in [5.74, 6) is -2.84. The van der Waals surface area contributed by atoms with Gasteiger partial charge in [0.15, 0.2) is 23.3 Å². The van der Waals surface area contributed by atoms with Gasteiger partial charge in [-0.3, -0.25) is 9.48 Å². The van der Waals surface area contributed by atoms with Crippen LogP contribution in [0.15, 0.2) is 30.7 Å². The number of nitrogens with zero attached hydrogens (tertiary/aromatic N) is 6. The van der Waals surface area contributed by atoms with E-state index in [1.165, 1.54) is 4.68 Å². The minimum Gasteiger partial charge on any atom is -0.350 e. The van der Waals surface area contributed by atoms with Crippen LogP contribution in [0.2, 0.25) is 0 Å². The fourth-order valence-corrected chi connectivity index (χ4v) is 3.92. The third-order valence-corrected chi connectivity index (χ3v) is 5.59. The van der Waals surface area contributed by atoms with Crippen LogP contribution in [0.3, 0.4) is 0 Å². The van der Waals surface area contributed by atoms with E-state index in [1.54, 1.807) is 23.5 Å². The molecule has 0 bridgehead atoms. The van der Waals surface area contributed by atoms with Crippen molar-refractivity contribution >= 4 is 23.4 Å². The van der Waals surface area contributed by atoms with E-state index in [1.807, 2.05) is 25.7 Å². The Kier molecular flexibility index (Phi) is 7.43. The second-order valence-electron chi connectivity index (χ2n) is 7.72. The monoisotopic (exact) mass is 475 g/mol. The number of nitrogens with one attached hydrogen (secondary N) is 1. The summed E-state index contributed by atoms with van der Waals surface area (Å²) in [7, 11) is 0. The molecule has 0 unspecified atom stereocenters. The summed E-state index contributed by atoms with van der Waals surface area (Å²) < 4.78 is 41.5. The Bertz CT molecular complexity index is 1160. The van der Waals surface area contributed by atoms with Gasteiger partial charge in [0.1, 0.15) is 11.7 Å². The summed E-state index contributed by atoms with van der Waals surface area (Å²) in [6.45, 7) is 7.36. The van der Waals surface area contributed by atoms with Gasteiger partial charge < -0.3 is 15.1 Å². The third kappa shape index (κ3) is 4.68. The molecule has 0 saturated heterocycles. The molecule has 4 rings (SSSR count). The Hall–Kier alpha value is -3.63. The van der Waals surface area contributed by atoms with Crippen molar-refractivity contribution in [3.63, 3.8) is 0 Å². The van der Waals surface area contributed by atoms with Crippen molar-refractivity contribution in [2.24, 2.45) is 0 Å². The van der Waals surface area contributed by atoms with Gasteiger partial charge >= 0.3 is 0 Å². The molecule has 34 heavy (non-hydrogen) atoms. The summed E-state index contributed by atoms with van der Waals surface area (Å²) in [6.07, 6.45) is 4.96. The number of benzene rings is 1. The number of hydrogen-bond donors (Lipinski definition) is 1. The maximum Gasteiger partial charge on any atom is 0.249 e. The quantitative estimate of drug-likeness (QED) is 0.521. The molecule has 1 aliphatic rings. The second kappa shape index (κ2) is 10.1. The van der Waals surface area contributed by atoms with Gasteiger partial charge in [0.05, 0.1) is 18.9 Å². The Labute approximate surface area is 196 Å². The molecular formula is C23H28F3N7O. The lowest BCUT2D eigenvalue weighted by atomic mass is 10.1. The summed E-state index contributed by atoms with van der Waals surface area (Å²) in [5.41, 5.74) is 1.74. The van der Waals surface area contributed by atoms with Gasteiger partial charge in [-0.05, 0) is 38.5 Å². The fraction of sp³-hybridized carbons (Fsp3) is 0.391. The number of amides is 1. The summed E-state index contributed by atoms with van der Waals surface area (Å²) in [4.78, 5) is 25.2. The molecule has 11 heteroatoms. The van der Waals surface area contributed by atoms with Gasteiger partial charge in [0.25, 0.3) is 0 Å². The van der Waals surface area contributed by atoms with E-state index in [0.29, 0.717) is 37.1 Å². The molecule has 0 aliphatic carbocycles. The van der Waals surface area contributed by atoms with Crippen molar-refractivity contribution in [3.05, 3.63) is 59.3 Å². The molecular weight excluding hydrogens is 447 g/mol. The highest BCUT2D eigenvalue weighted by molar-refractivity contribution is 6.04. The number of hydrogen-bond acceptors (Lipinski definition) is 6. The Morgan fingerprint density at radius 3 is 2.41 bits per heavy atom. The predicted octanol–water partition coefficient (Wildman–Crippen LogP) is 3.97. The molecule has 3 heterocycles. The lowest BCUT2D eigenvalue weighted by Crippen LogP contribution is -2.52. The maximum atomic E-state index is 13.4. The fourth-order valence-electron chi connectivity index (χ4n) is 3.92. The summed E-state index contributed by atoms with van der Waals surface area (Å²) in [5, 5.41) is 7.33. The molecule has 2 aromatic heterocycles. The molecule has 0 spiro atoms. The number of anilines is 3. The van der Waals surface area contributed by atoms with E-state index in [0.717, 1.165) is 17.7 Å². The van der Waals surface area contributed by atoms with Crippen LogP contribution in [0.25, 0.3) is 0 Å². The number of fused-ring (bicyclic) bond motifs is 1. The topological polar surface area (TPSA) is 79.2 Å². The molecule has 1 aliphatic heterocycles. The smallest absolute Gasteiger partial charge is 0.249 e. The first-order chi connectivity index (χ1) is 15.8. The standard InChI is InChI=1S/C22H24F3N7O.CH4/c1-4-31-13(3)21(33)32(5-2)18-10-27-22(29-20(18)31)26-8-15-9-28-30(12-15)11-14-6-16(23)19(25)17(24)7-14;/h6-7,9-10,12-13H,4-5,8,11H2,1-3H3,(H,26,27,29);1H4/t13-;/m0./s1. The first-order valence-corrected chi connectivity index (χ1v) is 10.7. The molecule has 182 valence electrons. The molecule has 3 aromatic rings. The predicted molar refractivity (Wildman–Crippen MR) is 124 cm³/mol. The van der Waals surface area contributed by atoms with Crippen molar-refractivity contribution in [1.29, 1.82) is 0 Å². The van der Waals surface area contributed by atoms with Gasteiger partial charge in [-0.25, -0.2) is 18.2 Å². The molecule has 8 nitrogen and oxygen atoms in total. The Morgan fingerprint density at radius 2 is 1.76 bits per heavy atom. The summed E-state index contributed by atoms with van der Waals surface area (Å²) >= 11 is 0. The van der Waals surface area contributed by atoms with Crippen LogP contribution >= 0.6 is 0 Å². The zero-order chi connectivity index (χ0) is 23.7. The number of carbonyl (C=O) groups excluding carboxylic acids is 1. The highest BCUT2D eigenvalue weighted by atomic mass is 19.2. The van der Waals surface area contributed by atoms with Crippen LogP contribution in [-0.4, -0.2) is 44.8 Å². The highest BCUT2D eigenvalue weighted by Crippen LogP contribution is 2.34. The van der Waals surface area contributed by atoms with Crippen molar-refractivity contribution in [1.82, 2.24) is 19.7 Å². The van der Waals surface area contributed by atoms with E-state index in [4.69, 9.17) is 0 Å². The molecule has 1 amide bonds. The number of aromatic nitrogens is 4. The summed E-state index contributed by atoms with van der Waals surface area (Å²) in [6, 6.07) is 1.58. The largest absolute Gasteiger partial charge is 0.350 e. The average Bonchev–Trinajstić information content (AvgIpc) is 3.24. The molecule has 0 fully saturated rings.